The van der Waals surface area contributed by atoms with Gasteiger partial charge in [0.05, 0.1) is 0 Å². The number of hydrogen-bond acceptors (Lipinski definition) is 2. The van der Waals surface area contributed by atoms with Crippen molar-refractivity contribution in [1.29, 1.82) is 0 Å². The van der Waals surface area contributed by atoms with Gasteiger partial charge in [0.15, 0.2) is 0 Å². The average Bonchev–Trinajstić information content (AvgIpc) is 2.79. The molecule has 0 bridgehead atoms. The van der Waals surface area contributed by atoms with Gasteiger partial charge in [-0.05, 0) is 30.5 Å². The van der Waals surface area contributed by atoms with Crippen LogP contribution in [0.4, 0.5) is 5.69 Å². The van der Waals surface area contributed by atoms with E-state index in [1.54, 1.807) is 11.8 Å². The Labute approximate surface area is 107 Å². The van der Waals surface area contributed by atoms with Crippen LogP contribution in [0.15, 0.2) is 18.2 Å². The van der Waals surface area contributed by atoms with Crippen molar-refractivity contribution in [2.75, 3.05) is 18.0 Å². The van der Waals surface area contributed by atoms with E-state index in [2.05, 4.69) is 5.32 Å². The summed E-state index contributed by atoms with van der Waals surface area (Å²) in [5.41, 5.74) is 2.57. The van der Waals surface area contributed by atoms with E-state index in [4.69, 9.17) is 0 Å². The first kappa shape index (κ1) is 12.6. The lowest BCUT2D eigenvalue weighted by molar-refractivity contribution is -0.116. The van der Waals surface area contributed by atoms with Crippen LogP contribution in [0.5, 0.6) is 0 Å². The molecule has 1 N–H and O–H groups in total. The summed E-state index contributed by atoms with van der Waals surface area (Å²) in [6, 6.07) is 5.56. The first-order valence-electron chi connectivity index (χ1n) is 6.33. The van der Waals surface area contributed by atoms with E-state index in [0.717, 1.165) is 24.1 Å². The van der Waals surface area contributed by atoms with Gasteiger partial charge in [0.2, 0.25) is 5.91 Å². The van der Waals surface area contributed by atoms with Crippen molar-refractivity contribution in [2.45, 2.75) is 26.7 Å². The predicted octanol–water partition coefficient (Wildman–Crippen LogP) is 1.74. The third-order valence-electron chi connectivity index (χ3n) is 3.19. The van der Waals surface area contributed by atoms with E-state index in [1.165, 1.54) is 0 Å². The predicted molar refractivity (Wildman–Crippen MR) is 70.8 cm³/mol. The normalized spacial score (nSPS) is 13.3. The summed E-state index contributed by atoms with van der Waals surface area (Å²) >= 11 is 0. The average molecular weight is 246 g/mol. The molecule has 18 heavy (non-hydrogen) atoms. The standard InChI is InChI=1S/C14H18N2O2/c1-3-8-15-14(18)12-5-4-6-13-11(12)7-9-16(13)10(2)17/h4-6H,3,7-9H2,1-2H3,(H,15,18). The molecule has 0 aliphatic carbocycles. The van der Waals surface area contributed by atoms with Crippen molar-refractivity contribution in [1.82, 2.24) is 5.32 Å². The lowest BCUT2D eigenvalue weighted by Crippen LogP contribution is -2.26. The molecule has 0 saturated carbocycles. The van der Waals surface area contributed by atoms with Gasteiger partial charge < -0.3 is 10.2 Å². The molecule has 0 radical (unpaired) electrons. The van der Waals surface area contributed by atoms with Gasteiger partial charge in [-0.15, -0.1) is 0 Å². The van der Waals surface area contributed by atoms with Crippen LogP contribution >= 0.6 is 0 Å². The largest absolute Gasteiger partial charge is 0.352 e. The number of rotatable bonds is 3. The fourth-order valence-electron chi connectivity index (χ4n) is 2.31. The van der Waals surface area contributed by atoms with Crippen molar-refractivity contribution in [3.05, 3.63) is 29.3 Å². The topological polar surface area (TPSA) is 49.4 Å². The number of nitrogens with zero attached hydrogens (tertiary/aromatic N) is 1. The highest BCUT2D eigenvalue weighted by Crippen LogP contribution is 2.30. The summed E-state index contributed by atoms with van der Waals surface area (Å²) in [4.78, 5) is 25.2. The number of amides is 2. The molecular weight excluding hydrogens is 228 g/mol. The molecule has 1 aliphatic rings. The van der Waals surface area contributed by atoms with Crippen molar-refractivity contribution in [3.8, 4) is 0 Å². The van der Waals surface area contributed by atoms with Gasteiger partial charge in [-0.1, -0.05) is 13.0 Å². The minimum Gasteiger partial charge on any atom is -0.352 e. The molecule has 1 aliphatic heterocycles. The Kier molecular flexibility index (Phi) is 3.65. The van der Waals surface area contributed by atoms with Gasteiger partial charge in [-0.2, -0.15) is 0 Å². The molecule has 1 aromatic rings. The Hall–Kier alpha value is -1.84. The Morgan fingerprint density at radius 3 is 2.83 bits per heavy atom. The molecule has 0 saturated heterocycles. The summed E-state index contributed by atoms with van der Waals surface area (Å²) in [6.45, 7) is 4.92. The molecule has 0 aromatic heterocycles. The van der Waals surface area contributed by atoms with Crippen molar-refractivity contribution in [3.63, 3.8) is 0 Å². The van der Waals surface area contributed by atoms with Crippen LogP contribution in [0.25, 0.3) is 0 Å². The van der Waals surface area contributed by atoms with Crippen LogP contribution in [0.1, 0.15) is 36.2 Å². The van der Waals surface area contributed by atoms with Crippen LogP contribution in [0, 0.1) is 0 Å². The minimum atomic E-state index is -0.0425. The molecule has 1 aromatic carbocycles. The second-order valence-electron chi connectivity index (χ2n) is 4.48. The number of carbonyl (C=O) groups excluding carboxylic acids is 2. The molecule has 0 atom stereocenters. The first-order valence-corrected chi connectivity index (χ1v) is 6.33. The zero-order chi connectivity index (χ0) is 13.1. The van der Waals surface area contributed by atoms with Crippen molar-refractivity contribution in [2.24, 2.45) is 0 Å². The van der Waals surface area contributed by atoms with E-state index < -0.39 is 0 Å². The maximum Gasteiger partial charge on any atom is 0.251 e. The molecule has 2 rings (SSSR count). The van der Waals surface area contributed by atoms with Crippen LogP contribution < -0.4 is 10.2 Å². The zero-order valence-electron chi connectivity index (χ0n) is 10.8. The quantitative estimate of drug-likeness (QED) is 0.883. The second kappa shape index (κ2) is 5.21. The Bertz CT molecular complexity index is 483. The molecule has 0 fully saturated rings. The number of benzene rings is 1. The van der Waals surface area contributed by atoms with E-state index in [0.29, 0.717) is 18.7 Å². The van der Waals surface area contributed by atoms with Crippen LogP contribution in [0.3, 0.4) is 0 Å². The number of fused-ring (bicyclic) bond motifs is 1. The smallest absolute Gasteiger partial charge is 0.251 e. The second-order valence-corrected chi connectivity index (χ2v) is 4.48. The Balaban J connectivity index is 2.30. The summed E-state index contributed by atoms with van der Waals surface area (Å²) in [5, 5.41) is 2.88. The third kappa shape index (κ3) is 2.23. The molecule has 96 valence electrons. The fourth-order valence-corrected chi connectivity index (χ4v) is 2.31. The maximum absolute atomic E-state index is 12.0. The fraction of sp³-hybridized carbons (Fsp3) is 0.429. The summed E-state index contributed by atoms with van der Waals surface area (Å²) in [7, 11) is 0. The monoisotopic (exact) mass is 246 g/mol. The number of nitrogens with one attached hydrogen (secondary N) is 1. The molecule has 0 spiro atoms. The van der Waals surface area contributed by atoms with Gasteiger partial charge in [0.25, 0.3) is 5.91 Å². The van der Waals surface area contributed by atoms with E-state index in [-0.39, 0.29) is 11.8 Å². The van der Waals surface area contributed by atoms with E-state index in [9.17, 15) is 9.59 Å². The minimum absolute atomic E-state index is 0.0277. The number of hydrogen-bond donors (Lipinski definition) is 1. The van der Waals surface area contributed by atoms with Gasteiger partial charge in [0, 0.05) is 31.3 Å². The van der Waals surface area contributed by atoms with Crippen LogP contribution in [-0.2, 0) is 11.2 Å². The Morgan fingerprint density at radius 2 is 2.17 bits per heavy atom. The lowest BCUT2D eigenvalue weighted by atomic mass is 10.0. The van der Waals surface area contributed by atoms with Gasteiger partial charge >= 0.3 is 0 Å². The third-order valence-corrected chi connectivity index (χ3v) is 3.19. The highest BCUT2D eigenvalue weighted by Gasteiger charge is 2.26. The van der Waals surface area contributed by atoms with Gasteiger partial charge in [0.1, 0.15) is 0 Å². The number of anilines is 1. The first-order chi connectivity index (χ1) is 8.65. The zero-order valence-corrected chi connectivity index (χ0v) is 10.8. The van der Waals surface area contributed by atoms with Gasteiger partial charge in [-0.25, -0.2) is 0 Å². The van der Waals surface area contributed by atoms with Crippen LogP contribution in [0.2, 0.25) is 0 Å². The molecular formula is C14H18N2O2. The summed E-state index contributed by atoms with van der Waals surface area (Å²) in [6.07, 6.45) is 1.67. The number of carbonyl (C=O) groups is 2. The molecule has 4 nitrogen and oxygen atoms in total. The molecule has 4 heteroatoms. The van der Waals surface area contributed by atoms with Crippen LogP contribution in [-0.4, -0.2) is 24.9 Å². The van der Waals surface area contributed by atoms with Gasteiger partial charge in [-0.3, -0.25) is 9.59 Å². The van der Waals surface area contributed by atoms with Crippen molar-refractivity contribution < 1.29 is 9.59 Å². The highest BCUT2D eigenvalue weighted by atomic mass is 16.2. The summed E-state index contributed by atoms with van der Waals surface area (Å²) in [5.74, 6) is -0.0148. The van der Waals surface area contributed by atoms with Crippen molar-refractivity contribution >= 4 is 17.5 Å². The van der Waals surface area contributed by atoms with E-state index >= 15 is 0 Å². The Morgan fingerprint density at radius 1 is 1.39 bits per heavy atom. The highest BCUT2D eigenvalue weighted by molar-refractivity contribution is 6.01. The SMILES string of the molecule is CCCNC(=O)c1cccc2c1CCN2C(C)=O. The lowest BCUT2D eigenvalue weighted by Gasteiger charge is -2.15. The summed E-state index contributed by atoms with van der Waals surface area (Å²) < 4.78 is 0. The van der Waals surface area contributed by atoms with E-state index in [1.807, 2.05) is 25.1 Å². The molecule has 0 unspecified atom stereocenters. The molecule has 2 amide bonds. The maximum atomic E-state index is 12.0. The molecule has 1 heterocycles.